The molecule has 3 atom stereocenters. The summed E-state index contributed by atoms with van der Waals surface area (Å²) in [7, 11) is 0. The van der Waals surface area contributed by atoms with Crippen molar-refractivity contribution in [2.45, 2.75) is 23.5 Å². The van der Waals surface area contributed by atoms with Crippen LogP contribution in [0.15, 0.2) is 206 Å². The van der Waals surface area contributed by atoms with Crippen molar-refractivity contribution in [1.29, 1.82) is 0 Å². The molecule has 0 amide bonds. The van der Waals surface area contributed by atoms with Gasteiger partial charge in [0.25, 0.3) is 0 Å². The number of para-hydroxylation sites is 3. The van der Waals surface area contributed by atoms with E-state index in [9.17, 15) is 0 Å². The first-order chi connectivity index (χ1) is 27.6. The fourth-order valence-corrected chi connectivity index (χ4v) is 9.91. The van der Waals surface area contributed by atoms with E-state index in [0.29, 0.717) is 0 Å². The number of nitrogens with zero attached hydrogens (tertiary/aromatic N) is 2. The maximum Gasteiger partial charge on any atom is 0.109 e. The Hall–Kier alpha value is -6.52. The molecule has 56 heavy (non-hydrogen) atoms. The van der Waals surface area contributed by atoms with Gasteiger partial charge in [-0.3, -0.25) is 4.90 Å². The van der Waals surface area contributed by atoms with Gasteiger partial charge < -0.3 is 10.6 Å². The van der Waals surface area contributed by atoms with Crippen molar-refractivity contribution in [3.63, 3.8) is 0 Å². The zero-order valence-electron chi connectivity index (χ0n) is 31.1. The Balaban J connectivity index is 1.08. The van der Waals surface area contributed by atoms with Crippen molar-refractivity contribution < 1.29 is 0 Å². The third-order valence-corrected chi connectivity index (χ3v) is 12.5. The summed E-state index contributed by atoms with van der Waals surface area (Å²) in [6, 6.07) is 75.8. The van der Waals surface area contributed by atoms with E-state index in [0.717, 1.165) is 24.2 Å². The van der Waals surface area contributed by atoms with Crippen LogP contribution in [0, 0.1) is 0 Å². The van der Waals surface area contributed by atoms with Crippen LogP contribution >= 0.6 is 0 Å². The van der Waals surface area contributed by atoms with Gasteiger partial charge in [0.15, 0.2) is 0 Å². The second-order valence-electron chi connectivity index (χ2n) is 15.5. The quantitative estimate of drug-likeness (QED) is 0.166. The van der Waals surface area contributed by atoms with Crippen LogP contribution in [0.3, 0.4) is 0 Å². The molecule has 3 heteroatoms. The minimum atomic E-state index is -0.498. The Morgan fingerprint density at radius 2 is 1.05 bits per heavy atom. The van der Waals surface area contributed by atoms with Gasteiger partial charge in [-0.25, -0.2) is 0 Å². The molecule has 11 rings (SSSR count). The van der Waals surface area contributed by atoms with E-state index in [1.165, 1.54) is 67.0 Å². The van der Waals surface area contributed by atoms with E-state index in [-0.39, 0.29) is 6.04 Å². The highest BCUT2D eigenvalue weighted by Gasteiger charge is 2.54. The molecular weight excluding hydrogens is 679 g/mol. The normalized spacial score (nSPS) is 18.7. The Bertz CT molecular complexity index is 2690. The topological polar surface area (TPSA) is 32.3 Å². The average Bonchev–Trinajstić information content (AvgIpc) is 3.88. The molecule has 1 spiro atoms. The molecule has 268 valence electrons. The van der Waals surface area contributed by atoms with Crippen molar-refractivity contribution in [2.24, 2.45) is 5.73 Å². The predicted octanol–water partition coefficient (Wildman–Crippen LogP) is 11.9. The summed E-state index contributed by atoms with van der Waals surface area (Å²) in [6.07, 6.45) is 0.879. The second kappa shape index (κ2) is 12.8. The van der Waals surface area contributed by atoms with Gasteiger partial charge in [-0.15, -0.1) is 0 Å². The van der Waals surface area contributed by atoms with E-state index in [4.69, 9.17) is 5.73 Å². The molecule has 3 aliphatic rings. The van der Waals surface area contributed by atoms with Crippen LogP contribution in [-0.4, -0.2) is 11.4 Å². The van der Waals surface area contributed by atoms with Gasteiger partial charge in [-0.2, -0.15) is 0 Å². The summed E-state index contributed by atoms with van der Waals surface area (Å²) in [5.41, 5.74) is 23.8. The van der Waals surface area contributed by atoms with Crippen LogP contribution in [-0.2, 0) is 17.5 Å². The monoisotopic (exact) mass is 719 g/mol. The number of benzene rings is 8. The Morgan fingerprint density at radius 1 is 0.482 bits per heavy atom. The summed E-state index contributed by atoms with van der Waals surface area (Å²) in [5, 5.41) is 0. The predicted molar refractivity (Wildman–Crippen MR) is 229 cm³/mol. The number of fused-ring (bicyclic) bond motifs is 9. The van der Waals surface area contributed by atoms with Crippen LogP contribution in [0.2, 0.25) is 0 Å². The summed E-state index contributed by atoms with van der Waals surface area (Å²) in [6.45, 7) is 0.817. The van der Waals surface area contributed by atoms with E-state index >= 15 is 0 Å². The first-order valence-electron chi connectivity index (χ1n) is 19.7. The molecule has 0 bridgehead atoms. The van der Waals surface area contributed by atoms with Crippen molar-refractivity contribution >= 4 is 17.1 Å². The molecule has 0 radical (unpaired) electrons. The first kappa shape index (κ1) is 32.9. The highest BCUT2D eigenvalue weighted by atomic mass is 15.4. The van der Waals surface area contributed by atoms with Gasteiger partial charge >= 0.3 is 0 Å². The Morgan fingerprint density at radius 3 is 1.77 bits per heavy atom. The SMILES string of the molecule is NC1(c2ccccc2)CN1C(Cc1ccccc1)c1cccc(-c2ccc3c(c2)C2(c4ccccc4-3)c3ccccc3N(c3ccccc3)c3ccccc32)c1. The van der Waals surface area contributed by atoms with Crippen LogP contribution in [0.25, 0.3) is 22.3 Å². The van der Waals surface area contributed by atoms with Gasteiger partial charge in [0.05, 0.1) is 16.8 Å². The highest BCUT2D eigenvalue weighted by molar-refractivity contribution is 5.96. The van der Waals surface area contributed by atoms with E-state index in [1.54, 1.807) is 0 Å². The number of hydrogen-bond donors (Lipinski definition) is 1. The van der Waals surface area contributed by atoms with Crippen molar-refractivity contribution in [2.75, 3.05) is 11.4 Å². The minimum absolute atomic E-state index is 0.119. The lowest BCUT2D eigenvalue weighted by Crippen LogP contribution is -2.36. The summed E-state index contributed by atoms with van der Waals surface area (Å²) >= 11 is 0. The lowest BCUT2D eigenvalue weighted by molar-refractivity contribution is 0.321. The molecule has 0 aromatic heterocycles. The molecule has 1 saturated heterocycles. The van der Waals surface area contributed by atoms with Gasteiger partial charge in [-0.05, 0) is 104 Å². The lowest BCUT2D eigenvalue weighted by atomic mass is 9.64. The van der Waals surface area contributed by atoms with Gasteiger partial charge in [-0.1, -0.05) is 170 Å². The zero-order chi connectivity index (χ0) is 37.3. The summed E-state index contributed by atoms with van der Waals surface area (Å²) < 4.78 is 0. The maximum absolute atomic E-state index is 7.18. The molecule has 1 fully saturated rings. The summed E-state index contributed by atoms with van der Waals surface area (Å²) in [4.78, 5) is 4.91. The number of hydrogen-bond acceptors (Lipinski definition) is 3. The zero-order valence-corrected chi connectivity index (χ0v) is 31.1. The van der Waals surface area contributed by atoms with Crippen LogP contribution in [0.4, 0.5) is 17.1 Å². The van der Waals surface area contributed by atoms with Crippen molar-refractivity contribution in [3.8, 4) is 22.3 Å². The molecular formula is C53H41N3. The average molecular weight is 720 g/mol. The molecule has 3 nitrogen and oxygen atoms in total. The van der Waals surface area contributed by atoms with E-state index in [2.05, 4.69) is 216 Å². The van der Waals surface area contributed by atoms with Crippen LogP contribution in [0.1, 0.15) is 45.0 Å². The van der Waals surface area contributed by atoms with Gasteiger partial charge in [0.1, 0.15) is 5.66 Å². The fraction of sp³-hybridized carbons (Fsp3) is 0.0943. The molecule has 2 aliphatic heterocycles. The first-order valence-corrected chi connectivity index (χ1v) is 19.7. The smallest absolute Gasteiger partial charge is 0.109 e. The maximum atomic E-state index is 7.18. The molecule has 2 N–H and O–H groups in total. The van der Waals surface area contributed by atoms with Gasteiger partial charge in [0, 0.05) is 18.3 Å². The highest BCUT2D eigenvalue weighted by Crippen LogP contribution is 2.63. The van der Waals surface area contributed by atoms with Crippen LogP contribution < -0.4 is 10.6 Å². The number of anilines is 3. The molecule has 1 aliphatic carbocycles. The van der Waals surface area contributed by atoms with Gasteiger partial charge in [0.2, 0.25) is 0 Å². The molecule has 0 saturated carbocycles. The molecule has 8 aromatic carbocycles. The van der Waals surface area contributed by atoms with Crippen molar-refractivity contribution in [1.82, 2.24) is 4.90 Å². The minimum Gasteiger partial charge on any atom is -0.310 e. The number of rotatable bonds is 7. The lowest BCUT2D eigenvalue weighted by Gasteiger charge is -2.45. The largest absolute Gasteiger partial charge is 0.310 e. The Kier molecular flexibility index (Phi) is 7.50. The Labute approximate surface area is 328 Å². The molecule has 8 aromatic rings. The van der Waals surface area contributed by atoms with E-state index in [1.807, 2.05) is 0 Å². The molecule has 3 unspecified atom stereocenters. The summed E-state index contributed by atoms with van der Waals surface area (Å²) in [5.74, 6) is 0. The van der Waals surface area contributed by atoms with Crippen molar-refractivity contribution in [3.05, 3.63) is 245 Å². The fourth-order valence-electron chi connectivity index (χ4n) is 9.91. The third-order valence-electron chi connectivity index (χ3n) is 12.5. The molecule has 2 heterocycles. The second-order valence-corrected chi connectivity index (χ2v) is 15.5. The number of nitrogens with two attached hydrogens (primary N) is 1. The third kappa shape index (κ3) is 4.91. The van der Waals surface area contributed by atoms with Crippen LogP contribution in [0.5, 0.6) is 0 Å². The standard InChI is InChI=1S/C53H41N3/c54-52(41-21-6-2-7-22-41)36-55(52)51(33-37-17-4-1-5-18-37)40-20-16-19-38(34-40)39-31-32-44-43-25-10-11-26-45(43)53(48(44)35-39)46-27-12-14-29-49(46)56(42-23-8-3-9-24-42)50-30-15-13-28-47(50)53/h1-32,34-35,51H,33,36,54H2. The van der Waals surface area contributed by atoms with E-state index < -0.39 is 11.1 Å².